The van der Waals surface area contributed by atoms with Gasteiger partial charge in [-0.25, -0.2) is 9.98 Å². The van der Waals surface area contributed by atoms with Crippen molar-refractivity contribution in [1.29, 1.82) is 0 Å². The van der Waals surface area contributed by atoms with Gasteiger partial charge in [-0.05, 0) is 45.4 Å². The molecule has 0 atom stereocenters. The van der Waals surface area contributed by atoms with Crippen molar-refractivity contribution in [3.8, 4) is 0 Å². The molecule has 0 unspecified atom stereocenters. The molecular weight excluding hydrogens is 354 g/mol. The van der Waals surface area contributed by atoms with Gasteiger partial charge in [-0.15, -0.1) is 11.3 Å². The molecule has 27 heavy (non-hydrogen) atoms. The van der Waals surface area contributed by atoms with Crippen LogP contribution < -0.4 is 10.6 Å². The monoisotopic (exact) mass is 387 g/mol. The largest absolute Gasteiger partial charge is 0.357 e. The van der Waals surface area contributed by atoms with Gasteiger partial charge in [0.25, 0.3) is 0 Å². The number of nitrogens with zero attached hydrogens (tertiary/aromatic N) is 3. The van der Waals surface area contributed by atoms with E-state index in [1.807, 2.05) is 6.20 Å². The highest BCUT2D eigenvalue weighted by Crippen LogP contribution is 2.14. The van der Waals surface area contributed by atoms with Crippen LogP contribution in [0.15, 0.2) is 35.5 Å². The number of guanidine groups is 1. The van der Waals surface area contributed by atoms with Crippen LogP contribution in [0.3, 0.4) is 0 Å². The van der Waals surface area contributed by atoms with E-state index < -0.39 is 0 Å². The number of aliphatic imine (C=N–C) groups is 1. The lowest BCUT2D eigenvalue weighted by Crippen LogP contribution is -2.36. The van der Waals surface area contributed by atoms with E-state index in [4.69, 9.17) is 4.99 Å². The standard InChI is InChI=1S/C21H33N5S/c1-6-19-13-23-20(27-19)14-25-21(22-7-2)24-12-17-10-8-9-11-18(17)15-26(5)16(3)4/h8-11,13,16H,6-7,12,14-15H2,1-5H3,(H2,22,24,25). The Morgan fingerprint density at radius 3 is 2.56 bits per heavy atom. The molecule has 0 radical (unpaired) electrons. The van der Waals surface area contributed by atoms with Crippen LogP contribution in [-0.4, -0.2) is 35.5 Å². The van der Waals surface area contributed by atoms with E-state index in [2.05, 4.69) is 79.5 Å². The maximum Gasteiger partial charge on any atom is 0.191 e. The summed E-state index contributed by atoms with van der Waals surface area (Å²) in [5.74, 6) is 0.831. The molecule has 2 N–H and O–H groups in total. The summed E-state index contributed by atoms with van der Waals surface area (Å²) < 4.78 is 0. The number of thiazole rings is 1. The summed E-state index contributed by atoms with van der Waals surface area (Å²) in [4.78, 5) is 12.9. The Morgan fingerprint density at radius 1 is 1.19 bits per heavy atom. The number of hydrogen-bond acceptors (Lipinski definition) is 4. The molecule has 5 nitrogen and oxygen atoms in total. The van der Waals surface area contributed by atoms with Gasteiger partial charge in [-0.2, -0.15) is 0 Å². The zero-order valence-electron chi connectivity index (χ0n) is 17.2. The highest BCUT2D eigenvalue weighted by Gasteiger charge is 2.08. The first-order chi connectivity index (χ1) is 13.0. The van der Waals surface area contributed by atoms with Gasteiger partial charge in [0.05, 0.1) is 13.1 Å². The van der Waals surface area contributed by atoms with Crippen molar-refractivity contribution in [2.45, 2.75) is 59.8 Å². The van der Waals surface area contributed by atoms with Crippen LogP contribution in [0.1, 0.15) is 48.7 Å². The first-order valence-electron chi connectivity index (χ1n) is 9.76. The van der Waals surface area contributed by atoms with Crippen molar-refractivity contribution in [2.75, 3.05) is 13.6 Å². The number of aryl methyl sites for hydroxylation is 1. The lowest BCUT2D eigenvalue weighted by molar-refractivity contribution is 0.265. The van der Waals surface area contributed by atoms with Crippen molar-refractivity contribution < 1.29 is 0 Å². The van der Waals surface area contributed by atoms with Crippen molar-refractivity contribution in [3.63, 3.8) is 0 Å². The summed E-state index contributed by atoms with van der Waals surface area (Å²) in [7, 11) is 2.16. The second kappa shape index (κ2) is 11.0. The molecule has 0 aliphatic carbocycles. The highest BCUT2D eigenvalue weighted by atomic mass is 32.1. The van der Waals surface area contributed by atoms with E-state index in [0.717, 1.165) is 30.5 Å². The molecule has 1 heterocycles. The smallest absolute Gasteiger partial charge is 0.191 e. The minimum Gasteiger partial charge on any atom is -0.357 e. The van der Waals surface area contributed by atoms with E-state index in [1.165, 1.54) is 16.0 Å². The summed E-state index contributed by atoms with van der Waals surface area (Å²) in [5, 5.41) is 7.82. The molecule has 0 amide bonds. The van der Waals surface area contributed by atoms with Crippen LogP contribution in [-0.2, 0) is 26.1 Å². The van der Waals surface area contributed by atoms with Gasteiger partial charge in [-0.3, -0.25) is 4.90 Å². The van der Waals surface area contributed by atoms with Crippen LogP contribution >= 0.6 is 11.3 Å². The van der Waals surface area contributed by atoms with Gasteiger partial charge in [0.1, 0.15) is 5.01 Å². The SMILES string of the molecule is CCNC(=NCc1ccccc1CN(C)C(C)C)NCc1ncc(CC)s1. The minimum atomic E-state index is 0.520. The van der Waals surface area contributed by atoms with Crippen molar-refractivity contribution in [1.82, 2.24) is 20.5 Å². The fourth-order valence-electron chi connectivity index (χ4n) is 2.58. The predicted octanol–water partition coefficient (Wildman–Crippen LogP) is 3.80. The van der Waals surface area contributed by atoms with Crippen LogP contribution in [0.25, 0.3) is 0 Å². The molecule has 0 bridgehead atoms. The number of hydrogen-bond donors (Lipinski definition) is 2. The van der Waals surface area contributed by atoms with Crippen LogP contribution in [0.4, 0.5) is 0 Å². The Hall–Kier alpha value is -1.92. The molecular formula is C21H33N5S. The van der Waals surface area contributed by atoms with Gasteiger partial charge in [0.2, 0.25) is 0 Å². The molecule has 0 fully saturated rings. The van der Waals surface area contributed by atoms with E-state index in [9.17, 15) is 0 Å². The Morgan fingerprint density at radius 2 is 1.93 bits per heavy atom. The van der Waals surface area contributed by atoms with Gasteiger partial charge in [0, 0.05) is 30.2 Å². The molecule has 6 heteroatoms. The van der Waals surface area contributed by atoms with Crippen LogP contribution in [0, 0.1) is 0 Å². The minimum absolute atomic E-state index is 0.520. The Balaban J connectivity index is 2.03. The number of aromatic nitrogens is 1. The fourth-order valence-corrected chi connectivity index (χ4v) is 3.38. The van der Waals surface area contributed by atoms with Crippen molar-refractivity contribution in [2.24, 2.45) is 4.99 Å². The van der Waals surface area contributed by atoms with E-state index in [-0.39, 0.29) is 0 Å². The lowest BCUT2D eigenvalue weighted by atomic mass is 10.1. The quantitative estimate of drug-likeness (QED) is 0.508. The maximum atomic E-state index is 4.79. The Kier molecular flexibility index (Phi) is 8.75. The van der Waals surface area contributed by atoms with Gasteiger partial charge >= 0.3 is 0 Å². The summed E-state index contributed by atoms with van der Waals surface area (Å²) in [5.41, 5.74) is 2.60. The average molecular weight is 388 g/mol. The van der Waals surface area contributed by atoms with E-state index in [1.54, 1.807) is 11.3 Å². The molecule has 0 saturated carbocycles. The number of benzene rings is 1. The Bertz CT molecular complexity index is 723. The third-order valence-corrected chi connectivity index (χ3v) is 5.67. The third-order valence-electron chi connectivity index (χ3n) is 4.53. The zero-order chi connectivity index (χ0) is 19.6. The fraction of sp³-hybridized carbons (Fsp3) is 0.524. The topological polar surface area (TPSA) is 52.6 Å². The molecule has 0 aliphatic rings. The van der Waals surface area contributed by atoms with E-state index >= 15 is 0 Å². The molecule has 1 aromatic heterocycles. The van der Waals surface area contributed by atoms with E-state index in [0.29, 0.717) is 19.1 Å². The summed E-state index contributed by atoms with van der Waals surface area (Å²) in [6.45, 7) is 11.8. The van der Waals surface area contributed by atoms with Gasteiger partial charge in [0.15, 0.2) is 5.96 Å². The highest BCUT2D eigenvalue weighted by molar-refractivity contribution is 7.11. The van der Waals surface area contributed by atoms with Crippen molar-refractivity contribution in [3.05, 3.63) is 51.5 Å². The number of nitrogens with one attached hydrogen (secondary N) is 2. The predicted molar refractivity (Wildman–Crippen MR) is 116 cm³/mol. The van der Waals surface area contributed by atoms with Crippen LogP contribution in [0.5, 0.6) is 0 Å². The third kappa shape index (κ3) is 6.96. The second-order valence-electron chi connectivity index (χ2n) is 6.90. The summed E-state index contributed by atoms with van der Waals surface area (Å²) in [6.07, 6.45) is 3.00. The first-order valence-corrected chi connectivity index (χ1v) is 10.6. The van der Waals surface area contributed by atoms with Gasteiger partial charge < -0.3 is 10.6 Å². The summed E-state index contributed by atoms with van der Waals surface area (Å²) >= 11 is 1.76. The van der Waals surface area contributed by atoms with Crippen LogP contribution in [0.2, 0.25) is 0 Å². The molecule has 148 valence electrons. The van der Waals surface area contributed by atoms with Crippen molar-refractivity contribution >= 4 is 17.3 Å². The summed E-state index contributed by atoms with van der Waals surface area (Å²) in [6, 6.07) is 9.09. The molecule has 0 spiro atoms. The zero-order valence-corrected chi connectivity index (χ0v) is 18.1. The number of rotatable bonds is 9. The normalized spacial score (nSPS) is 12.0. The first kappa shape index (κ1) is 21.4. The average Bonchev–Trinajstić information content (AvgIpc) is 3.13. The molecule has 0 aliphatic heterocycles. The maximum absolute atomic E-state index is 4.79. The molecule has 2 rings (SSSR count). The molecule has 0 saturated heterocycles. The molecule has 2 aromatic rings. The molecule has 1 aromatic carbocycles. The lowest BCUT2D eigenvalue weighted by Gasteiger charge is -2.22. The second-order valence-corrected chi connectivity index (χ2v) is 8.10. The Labute approximate surface area is 167 Å². The van der Waals surface area contributed by atoms with Gasteiger partial charge in [-0.1, -0.05) is 31.2 Å².